The molecule has 0 bridgehead atoms. The van der Waals surface area contributed by atoms with Gasteiger partial charge in [-0.25, -0.2) is 19.2 Å². The summed E-state index contributed by atoms with van der Waals surface area (Å²) >= 11 is 0. The number of urea groups is 1. The van der Waals surface area contributed by atoms with Crippen molar-refractivity contribution in [3.05, 3.63) is 35.9 Å². The minimum Gasteiger partial charge on any atom is -0.481 e. The van der Waals surface area contributed by atoms with Gasteiger partial charge in [-0.15, -0.1) is 0 Å². The number of nitrogens with zero attached hydrogens (tertiary/aromatic N) is 4. The maximum atomic E-state index is 13.3. The van der Waals surface area contributed by atoms with Crippen molar-refractivity contribution in [2.45, 2.75) is 115 Å². The number of ether oxygens (including phenoxy) is 1. The molecule has 1 fully saturated rings. The van der Waals surface area contributed by atoms with Crippen molar-refractivity contribution < 1.29 is 88.1 Å². The van der Waals surface area contributed by atoms with Gasteiger partial charge < -0.3 is 62.0 Å². The van der Waals surface area contributed by atoms with Gasteiger partial charge >= 0.3 is 67.6 Å². The molecule has 1 aromatic rings. The number of carboxylic acids is 6. The summed E-state index contributed by atoms with van der Waals surface area (Å²) in [4.78, 5) is 139. The van der Waals surface area contributed by atoms with Gasteiger partial charge in [0, 0.05) is 84.7 Å². The van der Waals surface area contributed by atoms with Crippen LogP contribution >= 0.6 is 0 Å². The van der Waals surface area contributed by atoms with Crippen LogP contribution in [0.3, 0.4) is 0 Å². The summed E-state index contributed by atoms with van der Waals surface area (Å²) in [6.45, 7) is 1.60. The largest absolute Gasteiger partial charge is 3.00 e. The zero-order chi connectivity index (χ0) is 56.3. The monoisotopic (exact) mass is 1150 g/mol. The first kappa shape index (κ1) is 68.7. The van der Waals surface area contributed by atoms with Gasteiger partial charge in [-0.05, 0) is 63.4 Å². The number of carboxylic acid groups (broad SMARTS) is 6. The summed E-state index contributed by atoms with van der Waals surface area (Å²) < 4.78 is 5.55. The number of amides is 5. The van der Waals surface area contributed by atoms with Gasteiger partial charge in [0.25, 0.3) is 0 Å². The predicted octanol–water partition coefficient (Wildman–Crippen LogP) is -0.707. The van der Waals surface area contributed by atoms with Crippen LogP contribution in [0.1, 0.15) is 95.5 Å². The Kier molecular flexibility index (Phi) is 35.6. The van der Waals surface area contributed by atoms with E-state index in [1.165, 1.54) is 0 Å². The molecule has 11 N–H and O–H groups in total. The van der Waals surface area contributed by atoms with Gasteiger partial charge in [0.2, 0.25) is 17.7 Å². The van der Waals surface area contributed by atoms with Crippen LogP contribution in [0.5, 0.6) is 0 Å². The zero-order valence-corrected chi connectivity index (χ0v) is 46.0. The maximum Gasteiger partial charge on any atom is 3.00 e. The van der Waals surface area contributed by atoms with Crippen LogP contribution in [-0.2, 0) is 59.3 Å². The van der Waals surface area contributed by atoms with Crippen LogP contribution in [0, 0.1) is 0 Å². The molecule has 5 amide bonds. The van der Waals surface area contributed by atoms with Gasteiger partial charge in [0.15, 0.2) is 0 Å². The van der Waals surface area contributed by atoms with E-state index >= 15 is 0 Å². The standard InChI is InChI=1S/C49H77N9O18.Ga/c59-39(50-20-10-8-14-36(46(70)71)53-49(75)54-37(47(72)73)18-19-42(62)63)16-6-1-2-7-17-40(60)52-38(48(74)76-34-35-12-4-3-5-13-35)15-9-11-21-51-41(61)30-55-22-24-56(31-43(64)65)26-28-58(33-45(68)69)29-27-57(25-23-55)32-44(66)67;/h3-5,12-13,36-38H,1-2,6-11,14-34H2,(H,50,59)(H,51,61)(H,52,60)(H,62,63)(H,64,65)(H,66,67)(H,68,69)(H,70,71)(H,72,73)(H2,53,54,75);/q;+3/t36-,37-,38-;/m0./s1/i;1-2. The Bertz CT molecular complexity index is 2010. The van der Waals surface area contributed by atoms with Crippen molar-refractivity contribution in [1.29, 1.82) is 0 Å². The Labute approximate surface area is 460 Å². The molecule has 77 heavy (non-hydrogen) atoms. The van der Waals surface area contributed by atoms with E-state index in [1.807, 2.05) is 11.0 Å². The zero-order valence-electron chi connectivity index (χ0n) is 43.6. The number of nitrogens with one attached hydrogen (secondary N) is 5. The molecule has 0 aliphatic carbocycles. The fraction of sp³-hybridized carbons (Fsp3) is 0.653. The summed E-state index contributed by atoms with van der Waals surface area (Å²) in [6, 6.07) is 4.11. The summed E-state index contributed by atoms with van der Waals surface area (Å²) in [5.41, 5.74) is 0.759. The van der Waals surface area contributed by atoms with E-state index in [9.17, 15) is 78.3 Å². The molecule has 0 unspecified atom stereocenters. The van der Waals surface area contributed by atoms with Crippen LogP contribution < -0.4 is 26.6 Å². The molecule has 1 saturated heterocycles. The molecule has 3 atom stereocenters. The van der Waals surface area contributed by atoms with E-state index in [0.29, 0.717) is 51.4 Å². The Morgan fingerprint density at radius 3 is 1.30 bits per heavy atom. The van der Waals surface area contributed by atoms with E-state index in [0.717, 1.165) is 5.56 Å². The molecule has 0 saturated carbocycles. The molecule has 27 nitrogen and oxygen atoms in total. The van der Waals surface area contributed by atoms with Gasteiger partial charge in [0.05, 0.1) is 26.2 Å². The number of benzene rings is 1. The van der Waals surface area contributed by atoms with E-state index in [1.54, 1.807) is 39.0 Å². The Balaban J connectivity index is 0.0000296. The third kappa shape index (κ3) is 34.1. The Morgan fingerprint density at radius 1 is 0.442 bits per heavy atom. The minimum atomic E-state index is -1.53. The molecular weight excluding hydrogens is 1070 g/mol. The molecule has 1 heterocycles. The molecule has 1 aromatic carbocycles. The Hall–Kier alpha value is -6.33. The van der Waals surface area contributed by atoms with Crippen molar-refractivity contribution in [1.82, 2.24) is 46.2 Å². The Morgan fingerprint density at radius 2 is 0.857 bits per heavy atom. The summed E-state index contributed by atoms with van der Waals surface area (Å²) in [6.07, 6.45) is 3.48. The second-order valence-electron chi connectivity index (χ2n) is 18.4. The number of carbonyl (C=O) groups excluding carboxylic acids is 5. The molecular formula is C49H77GaN9O18+3. The SMILES string of the molecule is O=C(O)CC[C@H](NC(=O)N[C@@H](CCCCNC(=O)CCCCCCC(=O)N[C@@H](CCCCNC(=O)CN1CCN(CC(=O)O)CCN(CC(=O)O)CCN(CC(=O)O)CC1)C(=O)OCc1ccccc1)C(=O)O)C(=O)O.[68Ga+3]. The molecule has 28 heteroatoms. The fourth-order valence-electron chi connectivity index (χ4n) is 7.94. The third-order valence-electron chi connectivity index (χ3n) is 12.1. The normalized spacial score (nSPS) is 15.1. The van der Waals surface area contributed by atoms with Gasteiger partial charge in [0.1, 0.15) is 24.7 Å². The number of rotatable bonds is 36. The fourth-order valence-corrected chi connectivity index (χ4v) is 7.94. The quantitative estimate of drug-likeness (QED) is 0.0225. The van der Waals surface area contributed by atoms with Gasteiger partial charge in [-0.1, -0.05) is 43.2 Å². The summed E-state index contributed by atoms with van der Waals surface area (Å²) in [5.74, 6) is -8.79. The predicted molar refractivity (Wildman–Crippen MR) is 275 cm³/mol. The van der Waals surface area contributed by atoms with E-state index in [2.05, 4.69) is 26.6 Å². The van der Waals surface area contributed by atoms with Crippen molar-refractivity contribution in [2.24, 2.45) is 0 Å². The molecule has 426 valence electrons. The van der Waals surface area contributed by atoms with Crippen LogP contribution in [0.4, 0.5) is 4.79 Å². The number of hydrogen-bond donors (Lipinski definition) is 11. The van der Waals surface area contributed by atoms with Crippen molar-refractivity contribution in [2.75, 3.05) is 91.6 Å². The van der Waals surface area contributed by atoms with E-state index < -0.39 is 78.8 Å². The number of carbonyl (C=O) groups is 11. The smallest absolute Gasteiger partial charge is 0.481 e. The van der Waals surface area contributed by atoms with Crippen LogP contribution in [0.15, 0.2) is 30.3 Å². The minimum absolute atomic E-state index is 0. The van der Waals surface area contributed by atoms with Gasteiger partial charge in [-0.3, -0.25) is 53.2 Å². The maximum absolute atomic E-state index is 13.3. The third-order valence-corrected chi connectivity index (χ3v) is 12.1. The van der Waals surface area contributed by atoms with Gasteiger partial charge in [-0.2, -0.15) is 0 Å². The first-order valence-electron chi connectivity index (χ1n) is 25.5. The average molecular weight is 1150 g/mol. The summed E-state index contributed by atoms with van der Waals surface area (Å²) in [5, 5.41) is 68.5. The molecule has 1 aliphatic heterocycles. The van der Waals surface area contributed by atoms with Crippen molar-refractivity contribution in [3.63, 3.8) is 0 Å². The number of esters is 1. The first-order chi connectivity index (χ1) is 36.2. The van der Waals surface area contributed by atoms with E-state index in [-0.39, 0.29) is 161 Å². The van der Waals surface area contributed by atoms with Crippen LogP contribution in [0.25, 0.3) is 0 Å². The second-order valence-corrected chi connectivity index (χ2v) is 18.4. The topological polar surface area (TPSA) is 391 Å². The van der Waals surface area contributed by atoms with E-state index in [4.69, 9.17) is 9.84 Å². The molecule has 0 radical (unpaired) electrons. The molecule has 1 aliphatic rings. The first-order valence-corrected chi connectivity index (χ1v) is 25.5. The number of hydrogen-bond acceptors (Lipinski definition) is 16. The molecule has 2 rings (SSSR count). The van der Waals surface area contributed by atoms with Crippen molar-refractivity contribution >= 4 is 85.3 Å². The summed E-state index contributed by atoms with van der Waals surface area (Å²) in [7, 11) is 0. The van der Waals surface area contributed by atoms with Crippen molar-refractivity contribution in [3.8, 4) is 0 Å². The average Bonchev–Trinajstić information content (AvgIpc) is 3.34. The second kappa shape index (κ2) is 40.0. The molecule has 0 aromatic heterocycles. The van der Waals surface area contributed by atoms with Crippen LogP contribution in [0.2, 0.25) is 0 Å². The van der Waals surface area contributed by atoms with Crippen LogP contribution in [-0.4, -0.2) is 245 Å². The number of unbranched alkanes of at least 4 members (excludes halogenated alkanes) is 5. The molecule has 0 spiro atoms. The number of aliphatic carboxylic acids is 6.